The molecule has 0 spiro atoms. The number of hydrogen-bond donors (Lipinski definition) is 2. The number of carbonyl (C=O) groups is 2. The predicted octanol–water partition coefficient (Wildman–Crippen LogP) is 3.46. The van der Waals surface area contributed by atoms with Gasteiger partial charge in [-0.1, -0.05) is 11.3 Å². The van der Waals surface area contributed by atoms with E-state index in [1.807, 2.05) is 46.5 Å². The second-order valence-electron chi connectivity index (χ2n) is 7.16. The molecule has 2 heterocycles. The van der Waals surface area contributed by atoms with Gasteiger partial charge in [0.05, 0.1) is 17.7 Å². The number of ether oxygens (including phenoxy) is 1. The number of rotatable bonds is 6. The predicted molar refractivity (Wildman–Crippen MR) is 125 cm³/mol. The van der Waals surface area contributed by atoms with E-state index in [2.05, 4.69) is 10.3 Å². The molecule has 2 amide bonds. The minimum Gasteiger partial charge on any atom is -0.497 e. The lowest BCUT2D eigenvalue weighted by atomic mass is 10.2. The zero-order chi connectivity index (χ0) is 23.8. The van der Waals surface area contributed by atoms with Crippen molar-refractivity contribution in [2.75, 3.05) is 12.4 Å². The number of anilines is 1. The Kier molecular flexibility index (Phi) is 5.91. The summed E-state index contributed by atoms with van der Waals surface area (Å²) in [6.45, 7) is 2.95. The highest BCUT2D eigenvalue weighted by molar-refractivity contribution is 7.90. The second-order valence-corrected chi connectivity index (χ2v) is 9.82. The molecule has 4 aromatic rings. The summed E-state index contributed by atoms with van der Waals surface area (Å²) in [6.07, 6.45) is 1.88. The van der Waals surface area contributed by atoms with Crippen LogP contribution in [-0.2, 0) is 14.8 Å². The van der Waals surface area contributed by atoms with Crippen LogP contribution in [0.3, 0.4) is 0 Å². The number of amides is 2. The maximum atomic E-state index is 12.8. The van der Waals surface area contributed by atoms with E-state index in [0.717, 1.165) is 29.6 Å². The van der Waals surface area contributed by atoms with Crippen LogP contribution in [-0.4, -0.2) is 36.7 Å². The van der Waals surface area contributed by atoms with Crippen LogP contribution in [0.15, 0.2) is 59.6 Å². The number of nitrogens with zero attached hydrogens (tertiary/aromatic N) is 2. The van der Waals surface area contributed by atoms with Crippen LogP contribution in [0.1, 0.15) is 22.3 Å². The number of aryl methyl sites for hydroxylation is 1. The molecule has 0 aliphatic heterocycles. The first kappa shape index (κ1) is 22.5. The molecule has 2 aromatic carbocycles. The molecule has 0 radical (unpaired) electrons. The van der Waals surface area contributed by atoms with Crippen LogP contribution < -0.4 is 14.8 Å². The molecule has 0 bridgehead atoms. The molecule has 0 aliphatic carbocycles. The molecule has 0 unspecified atom stereocenters. The Morgan fingerprint density at radius 2 is 1.73 bits per heavy atom. The van der Waals surface area contributed by atoms with Crippen molar-refractivity contribution >= 4 is 43.8 Å². The molecule has 0 atom stereocenters. The molecular weight excluding hydrogens is 464 g/mol. The zero-order valence-corrected chi connectivity index (χ0v) is 19.6. The Balaban J connectivity index is 1.53. The van der Waals surface area contributed by atoms with E-state index in [1.54, 1.807) is 7.11 Å². The molecule has 4 rings (SSSR count). The van der Waals surface area contributed by atoms with E-state index in [1.165, 1.54) is 35.6 Å². The summed E-state index contributed by atoms with van der Waals surface area (Å²) in [5.74, 6) is -0.247. The number of hydrogen-bond acceptors (Lipinski definition) is 7. The fourth-order valence-corrected chi connectivity index (χ4v) is 5.21. The fraction of sp³-hybridized carbons (Fsp3) is 0.136. The quantitative estimate of drug-likeness (QED) is 0.433. The standard InChI is InChI=1S/C22H20N4O5S2/c1-13-20(21(28)23-16-6-10-18(11-7-16)33(29,30)25-14(2)27)32-22-24-19(12-26(13)22)15-4-8-17(31-3)9-5-15/h4-12H,1-3H3,(H,23,28)(H,25,27). The second kappa shape index (κ2) is 8.68. The maximum Gasteiger partial charge on any atom is 0.267 e. The molecule has 2 aromatic heterocycles. The van der Waals surface area contributed by atoms with Crippen molar-refractivity contribution in [1.82, 2.24) is 14.1 Å². The van der Waals surface area contributed by atoms with Gasteiger partial charge in [0, 0.05) is 30.1 Å². The topological polar surface area (TPSA) is 119 Å². The van der Waals surface area contributed by atoms with Gasteiger partial charge in [-0.25, -0.2) is 18.1 Å². The average Bonchev–Trinajstić information content (AvgIpc) is 3.33. The van der Waals surface area contributed by atoms with E-state index in [9.17, 15) is 18.0 Å². The van der Waals surface area contributed by atoms with Crippen molar-refractivity contribution in [3.8, 4) is 17.0 Å². The van der Waals surface area contributed by atoms with Crippen LogP contribution in [0.4, 0.5) is 5.69 Å². The number of thiazole rings is 1. The highest BCUT2D eigenvalue weighted by atomic mass is 32.2. The lowest BCUT2D eigenvalue weighted by molar-refractivity contribution is -0.117. The van der Waals surface area contributed by atoms with E-state index in [-0.39, 0.29) is 10.8 Å². The summed E-state index contributed by atoms with van der Waals surface area (Å²) in [5.41, 5.74) is 2.89. The van der Waals surface area contributed by atoms with E-state index in [0.29, 0.717) is 15.5 Å². The average molecular weight is 485 g/mol. The fourth-order valence-electron chi connectivity index (χ4n) is 3.22. The summed E-state index contributed by atoms with van der Waals surface area (Å²) >= 11 is 1.26. The van der Waals surface area contributed by atoms with Crippen LogP contribution in [0.5, 0.6) is 5.75 Å². The summed E-state index contributed by atoms with van der Waals surface area (Å²) in [5, 5.41) is 2.76. The number of carbonyl (C=O) groups excluding carboxylic acids is 2. The van der Waals surface area contributed by atoms with Crippen molar-refractivity contribution in [2.24, 2.45) is 0 Å². The summed E-state index contributed by atoms with van der Waals surface area (Å²) in [4.78, 5) is 29.6. The van der Waals surface area contributed by atoms with Gasteiger partial charge in [-0.2, -0.15) is 0 Å². The van der Waals surface area contributed by atoms with E-state index in [4.69, 9.17) is 4.74 Å². The number of methoxy groups -OCH3 is 1. The van der Waals surface area contributed by atoms with Crippen molar-refractivity contribution in [1.29, 1.82) is 0 Å². The molecule has 33 heavy (non-hydrogen) atoms. The molecule has 0 saturated carbocycles. The monoisotopic (exact) mass is 484 g/mol. The van der Waals surface area contributed by atoms with Crippen LogP contribution in [0.25, 0.3) is 16.2 Å². The van der Waals surface area contributed by atoms with E-state index >= 15 is 0 Å². The Bertz CT molecular complexity index is 1450. The Morgan fingerprint density at radius 1 is 1.06 bits per heavy atom. The number of benzene rings is 2. The van der Waals surface area contributed by atoms with Gasteiger partial charge in [0.1, 0.15) is 10.6 Å². The normalized spacial score (nSPS) is 11.4. The van der Waals surface area contributed by atoms with Crippen LogP contribution >= 0.6 is 11.3 Å². The summed E-state index contributed by atoms with van der Waals surface area (Å²) < 4.78 is 33.0. The Labute approximate surface area is 194 Å². The molecule has 11 heteroatoms. The van der Waals surface area contributed by atoms with Gasteiger partial charge in [-0.15, -0.1) is 0 Å². The van der Waals surface area contributed by atoms with Gasteiger partial charge >= 0.3 is 0 Å². The largest absolute Gasteiger partial charge is 0.497 e. The van der Waals surface area contributed by atoms with Gasteiger partial charge in [-0.05, 0) is 55.5 Å². The first-order valence-electron chi connectivity index (χ1n) is 9.75. The lowest BCUT2D eigenvalue weighted by Crippen LogP contribution is -2.28. The number of fused-ring (bicyclic) bond motifs is 1. The highest BCUT2D eigenvalue weighted by Crippen LogP contribution is 2.28. The molecular formula is C22H20N4O5S2. The third-order valence-electron chi connectivity index (χ3n) is 4.85. The lowest BCUT2D eigenvalue weighted by Gasteiger charge is -2.07. The van der Waals surface area contributed by atoms with E-state index < -0.39 is 15.9 Å². The van der Waals surface area contributed by atoms with Gasteiger partial charge < -0.3 is 10.1 Å². The van der Waals surface area contributed by atoms with Crippen molar-refractivity contribution in [2.45, 2.75) is 18.7 Å². The Morgan fingerprint density at radius 3 is 2.30 bits per heavy atom. The minimum atomic E-state index is -3.93. The first-order valence-corrected chi connectivity index (χ1v) is 12.1. The van der Waals surface area contributed by atoms with Gasteiger partial charge in [0.2, 0.25) is 5.91 Å². The molecule has 9 nitrogen and oxygen atoms in total. The summed E-state index contributed by atoms with van der Waals surface area (Å²) in [6, 6.07) is 13.1. The maximum absolute atomic E-state index is 12.8. The number of sulfonamides is 1. The molecule has 170 valence electrons. The minimum absolute atomic E-state index is 0.0764. The number of aromatic nitrogens is 2. The molecule has 0 saturated heterocycles. The first-order chi connectivity index (χ1) is 15.7. The van der Waals surface area contributed by atoms with Crippen LogP contribution in [0.2, 0.25) is 0 Å². The highest BCUT2D eigenvalue weighted by Gasteiger charge is 2.19. The van der Waals surface area contributed by atoms with Crippen molar-refractivity contribution in [3.05, 3.63) is 65.3 Å². The van der Waals surface area contributed by atoms with Crippen molar-refractivity contribution < 1.29 is 22.7 Å². The molecule has 0 fully saturated rings. The van der Waals surface area contributed by atoms with Crippen molar-refractivity contribution in [3.63, 3.8) is 0 Å². The third kappa shape index (κ3) is 4.59. The SMILES string of the molecule is COc1ccc(-c2cn3c(C)c(C(=O)Nc4ccc(S(=O)(=O)NC(C)=O)cc4)sc3n2)cc1. The van der Waals surface area contributed by atoms with Crippen LogP contribution in [0, 0.1) is 6.92 Å². The summed E-state index contributed by atoms with van der Waals surface area (Å²) in [7, 11) is -2.32. The van der Waals surface area contributed by atoms with Gasteiger partial charge in [0.25, 0.3) is 15.9 Å². The number of imidazole rings is 1. The molecule has 2 N–H and O–H groups in total. The third-order valence-corrected chi connectivity index (χ3v) is 7.45. The zero-order valence-electron chi connectivity index (χ0n) is 17.9. The number of nitrogens with one attached hydrogen (secondary N) is 2. The molecule has 0 aliphatic rings. The Hall–Kier alpha value is -3.70. The van der Waals surface area contributed by atoms with Gasteiger partial charge in [-0.3, -0.25) is 14.0 Å². The van der Waals surface area contributed by atoms with Gasteiger partial charge in [0.15, 0.2) is 4.96 Å². The smallest absolute Gasteiger partial charge is 0.267 e.